The Morgan fingerprint density at radius 3 is 2.29 bits per heavy atom. The SMILES string of the molecule is CC(C)(C)c1ccc(CNC(=O)Cn2c(C(F)(F)F)nc3ccccc32)cc1. The normalized spacial score (nSPS) is 12.4. The Hall–Kier alpha value is -2.83. The van der Waals surface area contributed by atoms with Crippen LogP contribution in [0.15, 0.2) is 48.5 Å². The van der Waals surface area contributed by atoms with Crippen LogP contribution in [-0.4, -0.2) is 15.5 Å². The number of para-hydroxylation sites is 2. The minimum absolute atomic E-state index is 0.0260. The van der Waals surface area contributed by atoms with E-state index in [1.54, 1.807) is 12.1 Å². The van der Waals surface area contributed by atoms with Gasteiger partial charge in [-0.25, -0.2) is 4.98 Å². The highest BCUT2D eigenvalue weighted by Gasteiger charge is 2.37. The topological polar surface area (TPSA) is 46.9 Å². The highest BCUT2D eigenvalue weighted by atomic mass is 19.4. The van der Waals surface area contributed by atoms with Crippen molar-refractivity contribution in [3.63, 3.8) is 0 Å². The van der Waals surface area contributed by atoms with E-state index >= 15 is 0 Å². The fourth-order valence-electron chi connectivity index (χ4n) is 2.97. The Morgan fingerprint density at radius 2 is 1.68 bits per heavy atom. The molecule has 1 amide bonds. The molecule has 0 radical (unpaired) electrons. The van der Waals surface area contributed by atoms with Gasteiger partial charge in [0, 0.05) is 6.54 Å². The molecule has 3 aromatic rings. The number of hydrogen-bond acceptors (Lipinski definition) is 2. The molecule has 0 saturated carbocycles. The van der Waals surface area contributed by atoms with Gasteiger partial charge in [0.2, 0.25) is 11.7 Å². The van der Waals surface area contributed by atoms with Gasteiger partial charge in [-0.1, -0.05) is 57.2 Å². The molecule has 148 valence electrons. The number of hydrogen-bond donors (Lipinski definition) is 1. The maximum Gasteiger partial charge on any atom is 0.449 e. The Morgan fingerprint density at radius 1 is 1.04 bits per heavy atom. The molecule has 1 heterocycles. The molecule has 0 aliphatic heterocycles. The second kappa shape index (κ2) is 7.30. The summed E-state index contributed by atoms with van der Waals surface area (Å²) < 4.78 is 40.8. The van der Waals surface area contributed by atoms with E-state index in [0.29, 0.717) is 0 Å². The van der Waals surface area contributed by atoms with Gasteiger partial charge in [-0.2, -0.15) is 13.2 Å². The molecule has 0 aliphatic rings. The third-order valence-electron chi connectivity index (χ3n) is 4.52. The van der Waals surface area contributed by atoms with Gasteiger partial charge >= 0.3 is 6.18 Å². The van der Waals surface area contributed by atoms with Crippen LogP contribution >= 0.6 is 0 Å². The van der Waals surface area contributed by atoms with Gasteiger partial charge in [0.25, 0.3) is 0 Å². The zero-order chi connectivity index (χ0) is 20.5. The molecule has 0 unspecified atom stereocenters. The lowest BCUT2D eigenvalue weighted by molar-refractivity contribution is -0.147. The number of nitrogens with one attached hydrogen (secondary N) is 1. The second-order valence-electron chi connectivity index (χ2n) is 7.73. The molecule has 0 aliphatic carbocycles. The first kappa shape index (κ1) is 19.9. The molecule has 0 fully saturated rings. The minimum atomic E-state index is -4.64. The van der Waals surface area contributed by atoms with Gasteiger partial charge in [-0.05, 0) is 28.7 Å². The van der Waals surface area contributed by atoms with Gasteiger partial charge in [-0.15, -0.1) is 0 Å². The van der Waals surface area contributed by atoms with Crippen LogP contribution in [0.4, 0.5) is 13.2 Å². The quantitative estimate of drug-likeness (QED) is 0.705. The van der Waals surface area contributed by atoms with E-state index in [9.17, 15) is 18.0 Å². The van der Waals surface area contributed by atoms with E-state index < -0.39 is 24.5 Å². The maximum atomic E-state index is 13.3. The van der Waals surface area contributed by atoms with Crippen molar-refractivity contribution in [1.29, 1.82) is 0 Å². The average molecular weight is 389 g/mol. The first-order valence-electron chi connectivity index (χ1n) is 8.94. The highest BCUT2D eigenvalue weighted by molar-refractivity contribution is 5.81. The molecule has 0 atom stereocenters. The van der Waals surface area contributed by atoms with Crippen LogP contribution in [0.1, 0.15) is 37.7 Å². The second-order valence-corrected chi connectivity index (χ2v) is 7.73. The minimum Gasteiger partial charge on any atom is -0.350 e. The van der Waals surface area contributed by atoms with Crippen LogP contribution in [-0.2, 0) is 29.5 Å². The van der Waals surface area contributed by atoms with Crippen LogP contribution in [0.5, 0.6) is 0 Å². The van der Waals surface area contributed by atoms with E-state index in [2.05, 4.69) is 31.1 Å². The number of aromatic nitrogens is 2. The predicted molar refractivity (Wildman–Crippen MR) is 102 cm³/mol. The van der Waals surface area contributed by atoms with Crippen molar-refractivity contribution in [2.75, 3.05) is 0 Å². The summed E-state index contributed by atoms with van der Waals surface area (Å²) in [7, 11) is 0. The summed E-state index contributed by atoms with van der Waals surface area (Å²) in [6.07, 6.45) is -4.64. The Labute approximate surface area is 161 Å². The highest BCUT2D eigenvalue weighted by Crippen LogP contribution is 2.31. The lowest BCUT2D eigenvalue weighted by Gasteiger charge is -2.19. The zero-order valence-electron chi connectivity index (χ0n) is 16.0. The Bertz CT molecular complexity index is 983. The lowest BCUT2D eigenvalue weighted by Crippen LogP contribution is -2.29. The van der Waals surface area contributed by atoms with E-state index in [4.69, 9.17) is 0 Å². The fraction of sp³-hybridized carbons (Fsp3) is 0.333. The molecule has 3 rings (SSSR count). The molecular weight excluding hydrogens is 367 g/mol. The molecule has 2 aromatic carbocycles. The molecule has 0 spiro atoms. The molecule has 4 nitrogen and oxygen atoms in total. The lowest BCUT2D eigenvalue weighted by atomic mass is 9.87. The van der Waals surface area contributed by atoms with Crippen molar-refractivity contribution < 1.29 is 18.0 Å². The summed E-state index contributed by atoms with van der Waals surface area (Å²) in [4.78, 5) is 16.0. The number of benzene rings is 2. The van der Waals surface area contributed by atoms with E-state index in [1.165, 1.54) is 17.7 Å². The smallest absolute Gasteiger partial charge is 0.350 e. The summed E-state index contributed by atoms with van der Waals surface area (Å²) in [5.41, 5.74) is 2.56. The molecule has 0 saturated heterocycles. The van der Waals surface area contributed by atoms with Crippen LogP contribution < -0.4 is 5.32 Å². The number of amides is 1. The van der Waals surface area contributed by atoms with Crippen molar-refractivity contribution in [1.82, 2.24) is 14.9 Å². The number of alkyl halides is 3. The van der Waals surface area contributed by atoms with Crippen molar-refractivity contribution in [2.24, 2.45) is 0 Å². The molecule has 0 bridgehead atoms. The first-order chi connectivity index (χ1) is 13.1. The van der Waals surface area contributed by atoms with Crippen molar-refractivity contribution in [3.05, 3.63) is 65.5 Å². The number of rotatable bonds is 4. The third kappa shape index (κ3) is 4.35. The monoisotopic (exact) mass is 389 g/mol. The first-order valence-corrected chi connectivity index (χ1v) is 8.94. The van der Waals surface area contributed by atoms with Gasteiger partial charge in [0.05, 0.1) is 11.0 Å². The van der Waals surface area contributed by atoms with Crippen LogP contribution in [0.3, 0.4) is 0 Å². The van der Waals surface area contributed by atoms with Gasteiger partial charge in [0.1, 0.15) is 6.54 Å². The summed E-state index contributed by atoms with van der Waals surface area (Å²) >= 11 is 0. The Balaban J connectivity index is 1.73. The molecule has 1 aromatic heterocycles. The number of fused-ring (bicyclic) bond motifs is 1. The maximum absolute atomic E-state index is 13.3. The van der Waals surface area contributed by atoms with Gasteiger partial charge < -0.3 is 9.88 Å². The fourth-order valence-corrected chi connectivity index (χ4v) is 2.97. The number of imidazole rings is 1. The van der Waals surface area contributed by atoms with E-state index in [-0.39, 0.29) is 23.0 Å². The Kier molecular flexibility index (Phi) is 5.19. The summed E-state index contributed by atoms with van der Waals surface area (Å²) in [6.45, 7) is 6.12. The van der Waals surface area contributed by atoms with Crippen molar-refractivity contribution in [2.45, 2.75) is 45.5 Å². The third-order valence-corrected chi connectivity index (χ3v) is 4.52. The van der Waals surface area contributed by atoms with Crippen LogP contribution in [0, 0.1) is 0 Å². The molecule has 28 heavy (non-hydrogen) atoms. The number of halogens is 3. The molecule has 7 heteroatoms. The average Bonchev–Trinajstić information content (AvgIpc) is 2.99. The van der Waals surface area contributed by atoms with Gasteiger partial charge in [0.15, 0.2) is 0 Å². The van der Waals surface area contributed by atoms with E-state index in [1.807, 2.05) is 24.3 Å². The summed E-state index contributed by atoms with van der Waals surface area (Å²) in [5, 5.41) is 2.68. The number of nitrogens with zero attached hydrogens (tertiary/aromatic N) is 2. The predicted octanol–water partition coefficient (Wildman–Crippen LogP) is 4.67. The zero-order valence-corrected chi connectivity index (χ0v) is 16.0. The summed E-state index contributed by atoms with van der Waals surface area (Å²) in [5.74, 6) is -1.58. The van der Waals surface area contributed by atoms with E-state index in [0.717, 1.165) is 10.1 Å². The van der Waals surface area contributed by atoms with Gasteiger partial charge in [-0.3, -0.25) is 4.79 Å². The van der Waals surface area contributed by atoms with Crippen LogP contribution in [0.25, 0.3) is 11.0 Å². The number of carbonyl (C=O) groups is 1. The standard InChI is InChI=1S/C21H22F3N3O/c1-20(2,3)15-10-8-14(9-11-15)12-25-18(28)13-27-17-7-5-4-6-16(17)26-19(27)21(22,23)24/h4-11H,12-13H2,1-3H3,(H,25,28). The van der Waals surface area contributed by atoms with Crippen molar-refractivity contribution in [3.8, 4) is 0 Å². The largest absolute Gasteiger partial charge is 0.449 e. The number of carbonyl (C=O) groups excluding carboxylic acids is 1. The van der Waals surface area contributed by atoms with Crippen LogP contribution in [0.2, 0.25) is 0 Å². The molecule has 1 N–H and O–H groups in total. The van der Waals surface area contributed by atoms with Crippen molar-refractivity contribution >= 4 is 16.9 Å². The summed E-state index contributed by atoms with van der Waals surface area (Å²) in [6, 6.07) is 14.1. The molecular formula is C21H22F3N3O.